The van der Waals surface area contributed by atoms with Crippen molar-refractivity contribution >= 4 is 15.7 Å². The lowest BCUT2D eigenvalue weighted by Crippen LogP contribution is -2.49. The number of amides is 1. The van der Waals surface area contributed by atoms with E-state index in [9.17, 15) is 13.2 Å². The molecule has 0 spiro atoms. The largest absolute Gasteiger partial charge is 0.331 e. The number of sulfone groups is 1. The Labute approximate surface area is 185 Å². The zero-order chi connectivity index (χ0) is 21.6. The van der Waals surface area contributed by atoms with E-state index in [-0.39, 0.29) is 11.9 Å². The molecule has 0 aromatic heterocycles. The van der Waals surface area contributed by atoms with E-state index in [4.69, 9.17) is 0 Å². The molecule has 4 aliphatic heterocycles. The fourth-order valence-electron chi connectivity index (χ4n) is 5.75. The fraction of sp³-hybridized carbons (Fsp3) is 0.480. The molecular formula is C25H30N2O3S. The normalized spacial score (nSPS) is 27.7. The van der Waals surface area contributed by atoms with Gasteiger partial charge in [-0.2, -0.15) is 0 Å². The van der Waals surface area contributed by atoms with Gasteiger partial charge in [0.1, 0.15) is 0 Å². The average molecular weight is 439 g/mol. The molecule has 3 saturated heterocycles. The molecule has 6 rings (SSSR count). The van der Waals surface area contributed by atoms with E-state index >= 15 is 0 Å². The van der Waals surface area contributed by atoms with Crippen LogP contribution in [0.3, 0.4) is 0 Å². The van der Waals surface area contributed by atoms with Crippen LogP contribution in [-0.4, -0.2) is 56.6 Å². The van der Waals surface area contributed by atoms with Gasteiger partial charge in [0.25, 0.3) is 0 Å². The highest BCUT2D eigenvalue weighted by atomic mass is 32.2. The molecular weight excluding hydrogens is 408 g/mol. The number of piperidine rings is 3. The SMILES string of the molecule is CS(=O)(=O)c1ccc([C@H]2c3ccccc3CCN2C(=O)C[C@@H]2CN3CCC2CC3)cc1. The third-order valence-electron chi connectivity index (χ3n) is 7.46. The van der Waals surface area contributed by atoms with Crippen molar-refractivity contribution in [3.05, 3.63) is 65.2 Å². The maximum Gasteiger partial charge on any atom is 0.223 e. The molecule has 6 heteroatoms. The second kappa shape index (κ2) is 8.06. The van der Waals surface area contributed by atoms with Crippen LogP contribution in [0.25, 0.3) is 0 Å². The molecule has 2 bridgehead atoms. The van der Waals surface area contributed by atoms with Crippen molar-refractivity contribution in [2.24, 2.45) is 11.8 Å². The van der Waals surface area contributed by atoms with Crippen LogP contribution >= 0.6 is 0 Å². The number of hydrogen-bond donors (Lipinski definition) is 0. The van der Waals surface area contributed by atoms with Crippen LogP contribution in [0.5, 0.6) is 0 Å². The Kier molecular flexibility index (Phi) is 5.39. The number of carbonyl (C=O) groups is 1. The van der Waals surface area contributed by atoms with Crippen LogP contribution in [0.1, 0.15) is 42.0 Å². The van der Waals surface area contributed by atoms with Crippen molar-refractivity contribution in [2.45, 2.75) is 36.6 Å². The van der Waals surface area contributed by atoms with Crippen LogP contribution in [0.2, 0.25) is 0 Å². The summed E-state index contributed by atoms with van der Waals surface area (Å²) >= 11 is 0. The number of nitrogens with zero attached hydrogens (tertiary/aromatic N) is 2. The van der Waals surface area contributed by atoms with E-state index < -0.39 is 9.84 Å². The van der Waals surface area contributed by atoms with Crippen molar-refractivity contribution in [3.63, 3.8) is 0 Å². The van der Waals surface area contributed by atoms with Crippen molar-refractivity contribution < 1.29 is 13.2 Å². The number of carbonyl (C=O) groups excluding carboxylic acids is 1. The van der Waals surface area contributed by atoms with Crippen LogP contribution in [0.15, 0.2) is 53.4 Å². The summed E-state index contributed by atoms with van der Waals surface area (Å²) in [5.41, 5.74) is 3.40. The molecule has 2 atom stereocenters. The third kappa shape index (κ3) is 4.03. The second-order valence-electron chi connectivity index (χ2n) is 9.38. The van der Waals surface area contributed by atoms with Crippen molar-refractivity contribution in [2.75, 3.05) is 32.4 Å². The predicted octanol–water partition coefficient (Wildman–Crippen LogP) is 3.30. The van der Waals surface area contributed by atoms with E-state index in [0.29, 0.717) is 29.7 Å². The quantitative estimate of drug-likeness (QED) is 0.735. The maximum atomic E-state index is 13.6. The van der Waals surface area contributed by atoms with Gasteiger partial charge in [0.2, 0.25) is 5.91 Å². The molecule has 2 aromatic rings. The predicted molar refractivity (Wildman–Crippen MR) is 121 cm³/mol. The average Bonchev–Trinajstić information content (AvgIpc) is 2.78. The Morgan fingerprint density at radius 3 is 2.35 bits per heavy atom. The van der Waals surface area contributed by atoms with E-state index in [1.807, 2.05) is 29.2 Å². The minimum Gasteiger partial charge on any atom is -0.331 e. The zero-order valence-electron chi connectivity index (χ0n) is 18.0. The number of rotatable bonds is 4. The molecule has 4 aliphatic rings. The van der Waals surface area contributed by atoms with E-state index in [1.165, 1.54) is 37.8 Å². The summed E-state index contributed by atoms with van der Waals surface area (Å²) in [6.45, 7) is 4.12. The molecule has 0 N–H and O–H groups in total. The summed E-state index contributed by atoms with van der Waals surface area (Å²) in [5.74, 6) is 1.37. The number of hydrogen-bond acceptors (Lipinski definition) is 4. The highest BCUT2D eigenvalue weighted by Crippen LogP contribution is 2.39. The standard InChI is InChI=1S/C25H30N2O3S/c1-31(29,30)22-8-6-20(7-9-22)25-23-5-3-2-4-19(23)12-15-27(25)24(28)16-21-17-26-13-10-18(21)11-14-26/h2-9,18,21,25H,10-17H2,1H3/t21-,25+/m1/s1. The van der Waals surface area contributed by atoms with Gasteiger partial charge < -0.3 is 9.80 Å². The highest BCUT2D eigenvalue weighted by molar-refractivity contribution is 7.90. The summed E-state index contributed by atoms with van der Waals surface area (Å²) in [7, 11) is -3.25. The summed E-state index contributed by atoms with van der Waals surface area (Å²) in [5, 5.41) is 0. The maximum absolute atomic E-state index is 13.6. The summed E-state index contributed by atoms with van der Waals surface area (Å²) < 4.78 is 23.8. The summed E-state index contributed by atoms with van der Waals surface area (Å²) in [6, 6.07) is 15.2. The third-order valence-corrected chi connectivity index (χ3v) is 8.58. The van der Waals surface area contributed by atoms with Gasteiger partial charge in [-0.3, -0.25) is 4.79 Å². The molecule has 1 amide bonds. The van der Waals surface area contributed by atoms with Gasteiger partial charge in [-0.25, -0.2) is 8.42 Å². The van der Waals surface area contributed by atoms with Crippen molar-refractivity contribution in [1.29, 1.82) is 0 Å². The zero-order valence-corrected chi connectivity index (χ0v) is 18.9. The Bertz CT molecular complexity index is 1070. The Morgan fingerprint density at radius 2 is 1.71 bits per heavy atom. The lowest BCUT2D eigenvalue weighted by Gasteiger charge is -2.46. The second-order valence-corrected chi connectivity index (χ2v) is 11.4. The van der Waals surface area contributed by atoms with Crippen LogP contribution in [-0.2, 0) is 21.1 Å². The smallest absolute Gasteiger partial charge is 0.223 e. The van der Waals surface area contributed by atoms with E-state index in [1.54, 1.807) is 12.1 Å². The lowest BCUT2D eigenvalue weighted by molar-refractivity contribution is -0.136. The first-order valence-electron chi connectivity index (χ1n) is 11.3. The molecule has 5 nitrogen and oxygen atoms in total. The van der Waals surface area contributed by atoms with Crippen molar-refractivity contribution in [3.8, 4) is 0 Å². The molecule has 0 unspecified atom stereocenters. The Balaban J connectivity index is 1.45. The van der Waals surface area contributed by atoms with E-state index in [0.717, 1.165) is 24.1 Å². The van der Waals surface area contributed by atoms with Gasteiger partial charge in [-0.15, -0.1) is 0 Å². The molecule has 0 saturated carbocycles. The Hall–Kier alpha value is -2.18. The van der Waals surface area contributed by atoms with Gasteiger partial charge in [0, 0.05) is 25.8 Å². The molecule has 164 valence electrons. The Morgan fingerprint density at radius 1 is 1.00 bits per heavy atom. The highest BCUT2D eigenvalue weighted by Gasteiger charge is 2.38. The van der Waals surface area contributed by atoms with Crippen LogP contribution in [0, 0.1) is 11.8 Å². The molecule has 2 aromatic carbocycles. The topological polar surface area (TPSA) is 57.7 Å². The van der Waals surface area contributed by atoms with Gasteiger partial charge in [0.15, 0.2) is 9.84 Å². The minimum atomic E-state index is -3.25. The van der Waals surface area contributed by atoms with Crippen molar-refractivity contribution in [1.82, 2.24) is 9.80 Å². The first-order valence-corrected chi connectivity index (χ1v) is 13.2. The lowest BCUT2D eigenvalue weighted by atomic mass is 9.77. The van der Waals surface area contributed by atoms with Gasteiger partial charge in [-0.1, -0.05) is 36.4 Å². The molecule has 3 fully saturated rings. The van der Waals surface area contributed by atoms with Gasteiger partial charge >= 0.3 is 0 Å². The van der Waals surface area contributed by atoms with Crippen LogP contribution in [0.4, 0.5) is 0 Å². The number of fused-ring (bicyclic) bond motifs is 4. The van der Waals surface area contributed by atoms with Crippen LogP contribution < -0.4 is 0 Å². The molecule has 0 aliphatic carbocycles. The van der Waals surface area contributed by atoms with Gasteiger partial charge in [-0.05, 0) is 73.0 Å². The molecule has 4 heterocycles. The monoisotopic (exact) mass is 438 g/mol. The van der Waals surface area contributed by atoms with E-state index in [2.05, 4.69) is 17.0 Å². The summed E-state index contributed by atoms with van der Waals surface area (Å²) in [4.78, 5) is 18.4. The summed E-state index contributed by atoms with van der Waals surface area (Å²) in [6.07, 6.45) is 5.14. The van der Waals surface area contributed by atoms with Gasteiger partial charge in [0.05, 0.1) is 10.9 Å². The fourth-order valence-corrected chi connectivity index (χ4v) is 6.38. The first-order chi connectivity index (χ1) is 14.9. The minimum absolute atomic E-state index is 0.160. The molecule has 31 heavy (non-hydrogen) atoms. The molecule has 0 radical (unpaired) electrons. The first kappa shape index (κ1) is 20.7. The number of benzene rings is 2.